The maximum absolute atomic E-state index is 2.74. The summed E-state index contributed by atoms with van der Waals surface area (Å²) in [6.07, 6.45) is 8.77. The van der Waals surface area contributed by atoms with Gasteiger partial charge in [0.25, 0.3) is 0 Å². The Morgan fingerprint density at radius 2 is 1.50 bits per heavy atom. The highest BCUT2D eigenvalue weighted by Crippen LogP contribution is 2.27. The Morgan fingerprint density at radius 1 is 0.917 bits per heavy atom. The van der Waals surface area contributed by atoms with Crippen LogP contribution >= 0.6 is 22.6 Å². The number of hydrogen-bond donors (Lipinski definition) is 0. The Balaban J connectivity index is 1.80. The summed E-state index contributed by atoms with van der Waals surface area (Å²) in [5.74, 6) is 0. The number of hydrogen-bond acceptors (Lipinski definition) is 1. The molecule has 1 saturated heterocycles. The van der Waals surface area contributed by atoms with Gasteiger partial charge in [0, 0.05) is 9.97 Å². The van der Waals surface area contributed by atoms with Crippen LogP contribution in [0.4, 0.5) is 0 Å². The molecule has 0 aromatic heterocycles. The zero-order valence-electron chi connectivity index (χ0n) is 7.64. The van der Waals surface area contributed by atoms with Crippen molar-refractivity contribution < 1.29 is 0 Å². The molecular formula is C10H18IN. The highest BCUT2D eigenvalue weighted by molar-refractivity contribution is 14.1. The predicted molar refractivity (Wildman–Crippen MR) is 60.9 cm³/mol. The van der Waals surface area contributed by atoms with Crippen LogP contribution in [0.15, 0.2) is 0 Å². The molecule has 0 spiro atoms. The van der Waals surface area contributed by atoms with E-state index in [2.05, 4.69) is 27.5 Å². The molecule has 2 aliphatic rings. The van der Waals surface area contributed by atoms with Crippen LogP contribution in [0.25, 0.3) is 0 Å². The Labute approximate surface area is 89.0 Å². The van der Waals surface area contributed by atoms with Crippen LogP contribution in [0.2, 0.25) is 0 Å². The Morgan fingerprint density at radius 3 is 2.08 bits per heavy atom. The SMILES string of the molecule is IC1CCN(C2CCCC2)CC1. The summed E-state index contributed by atoms with van der Waals surface area (Å²) in [7, 11) is 0. The van der Waals surface area contributed by atoms with Crippen LogP contribution in [-0.4, -0.2) is 28.0 Å². The van der Waals surface area contributed by atoms with E-state index in [1.54, 1.807) is 0 Å². The topological polar surface area (TPSA) is 3.24 Å². The van der Waals surface area contributed by atoms with Crippen molar-refractivity contribution in [3.05, 3.63) is 0 Å². The van der Waals surface area contributed by atoms with Gasteiger partial charge in [0.15, 0.2) is 0 Å². The third kappa shape index (κ3) is 2.13. The van der Waals surface area contributed by atoms with Crippen LogP contribution in [-0.2, 0) is 0 Å². The van der Waals surface area contributed by atoms with E-state index in [0.717, 1.165) is 9.97 Å². The van der Waals surface area contributed by atoms with E-state index >= 15 is 0 Å². The predicted octanol–water partition coefficient (Wildman–Crippen LogP) is 2.83. The van der Waals surface area contributed by atoms with Crippen molar-refractivity contribution >= 4 is 22.6 Å². The molecule has 0 aromatic carbocycles. The van der Waals surface area contributed by atoms with Gasteiger partial charge in [0.05, 0.1) is 0 Å². The van der Waals surface area contributed by atoms with E-state index in [-0.39, 0.29) is 0 Å². The summed E-state index contributed by atoms with van der Waals surface area (Å²) in [4.78, 5) is 2.74. The lowest BCUT2D eigenvalue weighted by Gasteiger charge is -2.34. The highest BCUT2D eigenvalue weighted by Gasteiger charge is 2.25. The molecule has 0 amide bonds. The average Bonchev–Trinajstić information content (AvgIpc) is 2.58. The summed E-state index contributed by atoms with van der Waals surface area (Å²) in [5, 5.41) is 0. The molecule has 2 fully saturated rings. The molecule has 1 aliphatic heterocycles. The first kappa shape index (κ1) is 9.25. The molecule has 0 atom stereocenters. The fourth-order valence-corrected chi connectivity index (χ4v) is 3.06. The molecule has 0 bridgehead atoms. The molecule has 12 heavy (non-hydrogen) atoms. The second-order valence-electron chi connectivity index (χ2n) is 4.15. The molecule has 70 valence electrons. The van der Waals surface area contributed by atoms with E-state index < -0.39 is 0 Å². The molecule has 2 rings (SSSR count). The van der Waals surface area contributed by atoms with Gasteiger partial charge in [0.2, 0.25) is 0 Å². The second-order valence-corrected chi connectivity index (χ2v) is 5.91. The zero-order valence-corrected chi connectivity index (χ0v) is 9.79. The van der Waals surface area contributed by atoms with Gasteiger partial charge in [-0.25, -0.2) is 0 Å². The summed E-state index contributed by atoms with van der Waals surface area (Å²) in [6, 6.07) is 0.967. The number of piperidine rings is 1. The molecule has 0 N–H and O–H groups in total. The lowest BCUT2D eigenvalue weighted by molar-refractivity contribution is 0.170. The molecule has 0 radical (unpaired) electrons. The smallest absolute Gasteiger partial charge is 0.0134 e. The van der Waals surface area contributed by atoms with E-state index in [4.69, 9.17) is 0 Å². The quantitative estimate of drug-likeness (QED) is 0.527. The van der Waals surface area contributed by atoms with E-state index in [1.807, 2.05) is 0 Å². The minimum atomic E-state index is 0.959. The van der Waals surface area contributed by atoms with Crippen molar-refractivity contribution in [3.63, 3.8) is 0 Å². The van der Waals surface area contributed by atoms with Gasteiger partial charge in [-0.3, -0.25) is 0 Å². The number of likely N-dealkylation sites (tertiary alicyclic amines) is 1. The van der Waals surface area contributed by atoms with Gasteiger partial charge in [-0.2, -0.15) is 0 Å². The summed E-state index contributed by atoms with van der Waals surface area (Å²) >= 11 is 2.60. The van der Waals surface area contributed by atoms with Gasteiger partial charge >= 0.3 is 0 Å². The normalized spacial score (nSPS) is 29.8. The van der Waals surface area contributed by atoms with Crippen molar-refractivity contribution in [3.8, 4) is 0 Å². The summed E-state index contributed by atoms with van der Waals surface area (Å²) in [5.41, 5.74) is 0. The van der Waals surface area contributed by atoms with Crippen LogP contribution in [0.5, 0.6) is 0 Å². The average molecular weight is 279 g/mol. The first-order valence-electron chi connectivity index (χ1n) is 5.24. The first-order valence-corrected chi connectivity index (χ1v) is 6.49. The number of alkyl halides is 1. The zero-order chi connectivity index (χ0) is 8.39. The molecule has 0 aromatic rings. The van der Waals surface area contributed by atoms with Gasteiger partial charge < -0.3 is 4.90 Å². The minimum Gasteiger partial charge on any atom is -0.300 e. The van der Waals surface area contributed by atoms with Gasteiger partial charge in [-0.1, -0.05) is 35.4 Å². The maximum Gasteiger partial charge on any atom is 0.0134 e. The lowest BCUT2D eigenvalue weighted by Crippen LogP contribution is -2.40. The van der Waals surface area contributed by atoms with Crippen molar-refractivity contribution in [2.45, 2.75) is 48.5 Å². The van der Waals surface area contributed by atoms with Crippen LogP contribution in [0, 0.1) is 0 Å². The van der Waals surface area contributed by atoms with E-state index in [1.165, 1.54) is 51.6 Å². The number of rotatable bonds is 1. The summed E-state index contributed by atoms with van der Waals surface area (Å²) in [6.45, 7) is 2.75. The molecule has 2 heteroatoms. The van der Waals surface area contributed by atoms with Crippen LogP contribution in [0.3, 0.4) is 0 Å². The van der Waals surface area contributed by atoms with Crippen molar-refractivity contribution in [1.82, 2.24) is 4.90 Å². The largest absolute Gasteiger partial charge is 0.300 e. The Bertz CT molecular complexity index is 135. The monoisotopic (exact) mass is 279 g/mol. The van der Waals surface area contributed by atoms with Crippen LogP contribution in [0.1, 0.15) is 38.5 Å². The number of halogens is 1. The molecule has 1 saturated carbocycles. The highest BCUT2D eigenvalue weighted by atomic mass is 127. The summed E-state index contributed by atoms with van der Waals surface area (Å²) < 4.78 is 0.959. The molecular weight excluding hydrogens is 261 g/mol. The van der Waals surface area contributed by atoms with Crippen molar-refractivity contribution in [2.24, 2.45) is 0 Å². The minimum absolute atomic E-state index is 0.959. The first-order chi connectivity index (χ1) is 5.86. The molecule has 1 aliphatic carbocycles. The Kier molecular flexibility index (Phi) is 3.29. The molecule has 1 heterocycles. The third-order valence-corrected chi connectivity index (χ3v) is 4.55. The van der Waals surface area contributed by atoms with Crippen molar-refractivity contribution in [1.29, 1.82) is 0 Å². The van der Waals surface area contributed by atoms with Gasteiger partial charge in [-0.15, -0.1) is 0 Å². The molecule has 1 nitrogen and oxygen atoms in total. The van der Waals surface area contributed by atoms with Crippen LogP contribution < -0.4 is 0 Å². The fourth-order valence-electron chi connectivity index (χ4n) is 2.50. The van der Waals surface area contributed by atoms with E-state index in [0.29, 0.717) is 0 Å². The molecule has 0 unspecified atom stereocenters. The second kappa shape index (κ2) is 4.27. The van der Waals surface area contributed by atoms with E-state index in [9.17, 15) is 0 Å². The Hall–Kier alpha value is 0.690. The standard InChI is InChI=1S/C10H18IN/c11-9-5-7-12(8-6-9)10-3-1-2-4-10/h9-10H,1-8H2. The number of nitrogens with zero attached hydrogens (tertiary/aromatic N) is 1. The van der Waals surface area contributed by atoms with Crippen molar-refractivity contribution in [2.75, 3.05) is 13.1 Å². The fraction of sp³-hybridized carbons (Fsp3) is 1.00. The maximum atomic E-state index is 2.74. The lowest BCUT2D eigenvalue weighted by atomic mass is 10.1. The third-order valence-electron chi connectivity index (χ3n) is 3.30. The van der Waals surface area contributed by atoms with Gasteiger partial charge in [-0.05, 0) is 38.8 Å². The van der Waals surface area contributed by atoms with Gasteiger partial charge in [0.1, 0.15) is 0 Å².